The normalized spacial score (nSPS) is 13.9. The van der Waals surface area contributed by atoms with Gasteiger partial charge in [-0.15, -0.1) is 0 Å². The summed E-state index contributed by atoms with van der Waals surface area (Å²) in [7, 11) is -2.05. The molecule has 0 aliphatic carbocycles. The van der Waals surface area contributed by atoms with Crippen molar-refractivity contribution in [2.45, 2.75) is 13.1 Å². The third-order valence-corrected chi connectivity index (χ3v) is 6.75. The number of halogens is 2. The van der Waals surface area contributed by atoms with E-state index < -0.39 is 44.5 Å². The second-order valence-electron chi connectivity index (χ2n) is 7.40. The lowest BCUT2D eigenvalue weighted by Crippen LogP contribution is -2.49. The molecule has 0 atom stereocenters. The molecular formula is C20H22ClFN4O5S. The Labute approximate surface area is 189 Å². The number of pyridine rings is 1. The number of carbonyl (C=O) groups is 2. The van der Waals surface area contributed by atoms with Crippen LogP contribution in [-0.2, 0) is 23.1 Å². The van der Waals surface area contributed by atoms with Crippen molar-refractivity contribution in [3.05, 3.63) is 68.3 Å². The Kier molecular flexibility index (Phi) is 7.01. The Balaban J connectivity index is 1.77. The van der Waals surface area contributed by atoms with Crippen LogP contribution in [0.1, 0.15) is 26.4 Å². The fourth-order valence-electron chi connectivity index (χ4n) is 3.22. The number of aromatic nitrogens is 1. The minimum atomic E-state index is -3.42. The van der Waals surface area contributed by atoms with E-state index >= 15 is 0 Å². The second-order valence-corrected chi connectivity index (χ2v) is 9.92. The fourth-order valence-corrected chi connectivity index (χ4v) is 3.76. The summed E-state index contributed by atoms with van der Waals surface area (Å²) in [4.78, 5) is 39.3. The Morgan fingerprint density at radius 2 is 1.88 bits per heavy atom. The number of amides is 2. The predicted octanol–water partition coefficient (Wildman–Crippen LogP) is 0.918. The number of rotatable bonds is 7. The molecule has 0 saturated heterocycles. The van der Waals surface area contributed by atoms with Gasteiger partial charge in [0.15, 0.2) is 5.82 Å². The first kappa shape index (κ1) is 23.9. The molecule has 12 heteroatoms. The lowest BCUT2D eigenvalue weighted by atomic mass is 10.1. The molecule has 1 aromatic heterocycles. The minimum absolute atomic E-state index is 0.0162. The van der Waals surface area contributed by atoms with E-state index in [9.17, 15) is 27.2 Å². The molecule has 3 rings (SSSR count). The summed E-state index contributed by atoms with van der Waals surface area (Å²) in [5.41, 5.74) is -0.877. The highest BCUT2D eigenvalue weighted by Crippen LogP contribution is 2.16. The van der Waals surface area contributed by atoms with Crippen molar-refractivity contribution < 1.29 is 22.4 Å². The summed E-state index contributed by atoms with van der Waals surface area (Å²) in [6.45, 7) is 0.247. The van der Waals surface area contributed by atoms with Gasteiger partial charge in [0.25, 0.3) is 17.4 Å². The number of likely N-dealkylation sites (N-methyl/N-ethyl adjacent to an activating group) is 1. The van der Waals surface area contributed by atoms with Gasteiger partial charge in [-0.25, -0.2) is 17.1 Å². The number of benzene rings is 1. The topological polar surface area (TPSA) is 109 Å². The van der Waals surface area contributed by atoms with E-state index in [1.54, 1.807) is 24.3 Å². The molecule has 32 heavy (non-hydrogen) atoms. The average Bonchev–Trinajstić information content (AvgIpc) is 2.73. The van der Waals surface area contributed by atoms with Gasteiger partial charge in [0.1, 0.15) is 11.3 Å². The van der Waals surface area contributed by atoms with Gasteiger partial charge in [-0.1, -0.05) is 23.7 Å². The Hall–Kier alpha value is -2.76. The largest absolute Gasteiger partial charge is 0.348 e. The monoisotopic (exact) mass is 484 g/mol. The molecule has 0 bridgehead atoms. The highest BCUT2D eigenvalue weighted by molar-refractivity contribution is 7.88. The van der Waals surface area contributed by atoms with Gasteiger partial charge >= 0.3 is 0 Å². The first-order valence-electron chi connectivity index (χ1n) is 9.65. The van der Waals surface area contributed by atoms with E-state index in [0.29, 0.717) is 5.02 Å². The van der Waals surface area contributed by atoms with Crippen LogP contribution in [0.3, 0.4) is 0 Å². The van der Waals surface area contributed by atoms with Crippen molar-refractivity contribution in [1.82, 2.24) is 19.1 Å². The van der Waals surface area contributed by atoms with Gasteiger partial charge in [0, 0.05) is 44.8 Å². The molecule has 2 amide bonds. The van der Waals surface area contributed by atoms with Crippen LogP contribution in [0.15, 0.2) is 35.1 Å². The van der Waals surface area contributed by atoms with E-state index in [4.69, 9.17) is 11.6 Å². The van der Waals surface area contributed by atoms with Crippen molar-refractivity contribution in [3.63, 3.8) is 0 Å². The van der Waals surface area contributed by atoms with E-state index in [-0.39, 0.29) is 32.7 Å². The van der Waals surface area contributed by atoms with Crippen molar-refractivity contribution in [3.8, 4) is 0 Å². The van der Waals surface area contributed by atoms with Crippen molar-refractivity contribution in [2.75, 3.05) is 32.9 Å². The molecule has 2 aromatic rings. The predicted molar refractivity (Wildman–Crippen MR) is 117 cm³/mol. The summed E-state index contributed by atoms with van der Waals surface area (Å²) in [5, 5.41) is 3.10. The lowest BCUT2D eigenvalue weighted by molar-refractivity contribution is 0.0685. The van der Waals surface area contributed by atoms with Gasteiger partial charge in [0.2, 0.25) is 10.0 Å². The second kappa shape index (κ2) is 9.39. The smallest absolute Gasteiger partial charge is 0.273 e. The van der Waals surface area contributed by atoms with E-state index in [0.717, 1.165) is 26.8 Å². The van der Waals surface area contributed by atoms with Crippen LogP contribution in [0.5, 0.6) is 0 Å². The van der Waals surface area contributed by atoms with Crippen molar-refractivity contribution in [1.29, 1.82) is 0 Å². The van der Waals surface area contributed by atoms with Crippen LogP contribution < -0.4 is 10.9 Å². The highest BCUT2D eigenvalue weighted by Gasteiger charge is 2.31. The van der Waals surface area contributed by atoms with Gasteiger partial charge in [0.05, 0.1) is 6.26 Å². The zero-order valence-corrected chi connectivity index (χ0v) is 19.0. The maximum atomic E-state index is 14.8. The molecule has 0 radical (unpaired) electrons. The number of hydrogen-bond donors (Lipinski definition) is 1. The molecule has 0 fully saturated rings. The molecule has 2 heterocycles. The zero-order chi connectivity index (χ0) is 23.6. The molecule has 1 aliphatic rings. The van der Waals surface area contributed by atoms with Gasteiger partial charge < -0.3 is 10.2 Å². The van der Waals surface area contributed by atoms with Crippen LogP contribution in [-0.4, -0.2) is 66.9 Å². The molecular weight excluding hydrogens is 463 g/mol. The standard InChI is InChI=1S/C20H22ClFN4O5S/c1-24(32(2,30)31)7-8-25-9-10-26-17(20(25)29)16(22)11-15(19(26)28)18(27)23-12-13-3-5-14(21)6-4-13/h3-6,11H,7-10,12H2,1-2H3,(H,23,27). The molecule has 1 aromatic carbocycles. The third kappa shape index (κ3) is 5.17. The molecule has 0 saturated carbocycles. The Morgan fingerprint density at radius 3 is 2.50 bits per heavy atom. The summed E-state index contributed by atoms with van der Waals surface area (Å²) in [6, 6.07) is 7.48. The van der Waals surface area contributed by atoms with Crippen LogP contribution in [0.2, 0.25) is 5.02 Å². The number of sulfonamides is 1. The molecule has 1 N–H and O–H groups in total. The van der Waals surface area contributed by atoms with E-state index in [1.807, 2.05) is 0 Å². The number of carbonyl (C=O) groups excluding carboxylic acids is 2. The van der Waals surface area contributed by atoms with Gasteiger partial charge in [-0.2, -0.15) is 0 Å². The number of nitrogens with zero attached hydrogens (tertiary/aromatic N) is 3. The van der Waals surface area contributed by atoms with Crippen molar-refractivity contribution >= 4 is 33.4 Å². The first-order chi connectivity index (χ1) is 15.0. The first-order valence-corrected chi connectivity index (χ1v) is 11.9. The number of nitrogens with one attached hydrogen (secondary N) is 1. The fraction of sp³-hybridized carbons (Fsp3) is 0.350. The molecule has 172 valence electrons. The van der Waals surface area contributed by atoms with Crippen LogP contribution in [0, 0.1) is 5.82 Å². The lowest BCUT2D eigenvalue weighted by Gasteiger charge is -2.31. The third-order valence-electron chi connectivity index (χ3n) is 5.19. The SMILES string of the molecule is CN(CCN1CCn2c(c(F)cc(C(=O)NCc3ccc(Cl)cc3)c2=O)C1=O)S(C)(=O)=O. The van der Waals surface area contributed by atoms with Gasteiger partial charge in [-0.05, 0) is 23.8 Å². The average molecular weight is 485 g/mol. The summed E-state index contributed by atoms with van der Waals surface area (Å²) < 4.78 is 39.8. The Bertz CT molecular complexity index is 1210. The minimum Gasteiger partial charge on any atom is -0.348 e. The van der Waals surface area contributed by atoms with Gasteiger partial charge in [-0.3, -0.25) is 19.0 Å². The molecule has 0 unspecified atom stereocenters. The summed E-state index contributed by atoms with van der Waals surface area (Å²) in [6.07, 6.45) is 1.04. The number of hydrogen-bond acceptors (Lipinski definition) is 5. The van der Waals surface area contributed by atoms with Crippen LogP contribution >= 0.6 is 11.6 Å². The zero-order valence-electron chi connectivity index (χ0n) is 17.5. The summed E-state index contributed by atoms with van der Waals surface area (Å²) in [5.74, 6) is -2.49. The van der Waals surface area contributed by atoms with E-state index in [1.165, 1.54) is 11.9 Å². The Morgan fingerprint density at radius 1 is 1.22 bits per heavy atom. The van der Waals surface area contributed by atoms with Crippen molar-refractivity contribution in [2.24, 2.45) is 0 Å². The van der Waals surface area contributed by atoms with E-state index in [2.05, 4.69) is 5.32 Å². The molecule has 9 nitrogen and oxygen atoms in total. The molecule has 0 spiro atoms. The highest BCUT2D eigenvalue weighted by atomic mass is 35.5. The molecule has 1 aliphatic heterocycles. The maximum Gasteiger partial charge on any atom is 0.273 e. The number of fused-ring (bicyclic) bond motifs is 1. The van der Waals surface area contributed by atoms with Crippen LogP contribution in [0.4, 0.5) is 4.39 Å². The maximum absolute atomic E-state index is 14.8. The van der Waals surface area contributed by atoms with Crippen LogP contribution in [0.25, 0.3) is 0 Å². The summed E-state index contributed by atoms with van der Waals surface area (Å²) >= 11 is 5.82. The quantitative estimate of drug-likeness (QED) is 0.628.